The molecule has 0 aliphatic heterocycles. The van der Waals surface area contributed by atoms with E-state index in [9.17, 15) is 10.1 Å². The van der Waals surface area contributed by atoms with E-state index in [-0.39, 0.29) is 16.7 Å². The summed E-state index contributed by atoms with van der Waals surface area (Å²) in [6.07, 6.45) is 0.874. The molecule has 0 bridgehead atoms. The lowest BCUT2D eigenvalue weighted by Crippen LogP contribution is -2.33. The van der Waals surface area contributed by atoms with Crippen molar-refractivity contribution in [2.45, 2.75) is 19.4 Å². The zero-order valence-corrected chi connectivity index (χ0v) is 9.80. The van der Waals surface area contributed by atoms with E-state index in [0.717, 1.165) is 12.0 Å². The van der Waals surface area contributed by atoms with E-state index in [1.165, 1.54) is 6.07 Å². The van der Waals surface area contributed by atoms with Crippen LogP contribution in [0.25, 0.3) is 0 Å². The highest BCUT2D eigenvalue weighted by Gasteiger charge is 2.13. The van der Waals surface area contributed by atoms with Gasteiger partial charge in [-0.15, -0.1) is 0 Å². The molecule has 0 saturated heterocycles. The molecular formula is C11H17N3O2. The van der Waals surface area contributed by atoms with E-state index < -0.39 is 0 Å². The fourth-order valence-electron chi connectivity index (χ4n) is 1.57. The first-order valence-corrected chi connectivity index (χ1v) is 5.22. The lowest BCUT2D eigenvalue weighted by atomic mass is 10.0. The average molecular weight is 223 g/mol. The van der Waals surface area contributed by atoms with E-state index in [0.29, 0.717) is 0 Å². The van der Waals surface area contributed by atoms with Gasteiger partial charge in [-0.2, -0.15) is 0 Å². The highest BCUT2D eigenvalue weighted by atomic mass is 16.6. The van der Waals surface area contributed by atoms with Gasteiger partial charge in [0.15, 0.2) is 0 Å². The van der Waals surface area contributed by atoms with Gasteiger partial charge in [-0.25, -0.2) is 5.43 Å². The molecule has 0 aliphatic carbocycles. The van der Waals surface area contributed by atoms with Gasteiger partial charge in [0.1, 0.15) is 0 Å². The molecule has 1 unspecified atom stereocenters. The van der Waals surface area contributed by atoms with Gasteiger partial charge in [-0.1, -0.05) is 19.1 Å². The summed E-state index contributed by atoms with van der Waals surface area (Å²) in [5.41, 5.74) is 4.29. The molecule has 1 rings (SSSR count). The van der Waals surface area contributed by atoms with E-state index in [2.05, 4.69) is 5.43 Å². The number of hydrogen-bond donors (Lipinski definition) is 1. The smallest absolute Gasteiger partial charge is 0.258 e. The maximum atomic E-state index is 10.7. The molecule has 0 saturated carbocycles. The van der Waals surface area contributed by atoms with Crippen LogP contribution in [0.2, 0.25) is 0 Å². The Balaban J connectivity index is 2.92. The van der Waals surface area contributed by atoms with Crippen LogP contribution in [0, 0.1) is 10.1 Å². The van der Waals surface area contributed by atoms with Crippen LogP contribution >= 0.6 is 0 Å². The van der Waals surface area contributed by atoms with E-state index in [4.69, 9.17) is 0 Å². The molecule has 0 aliphatic rings. The number of nitro benzene ring substituents is 1. The van der Waals surface area contributed by atoms with Crippen molar-refractivity contribution in [1.29, 1.82) is 0 Å². The van der Waals surface area contributed by atoms with Crippen LogP contribution in [0.15, 0.2) is 24.3 Å². The van der Waals surface area contributed by atoms with Crippen LogP contribution in [0.1, 0.15) is 24.9 Å². The Hall–Kier alpha value is -1.46. The summed E-state index contributed by atoms with van der Waals surface area (Å²) in [5.74, 6) is 0. The minimum atomic E-state index is -0.369. The van der Waals surface area contributed by atoms with Gasteiger partial charge >= 0.3 is 0 Å². The molecule has 0 heterocycles. The zero-order chi connectivity index (χ0) is 12.1. The van der Waals surface area contributed by atoms with Crippen LogP contribution in [0.3, 0.4) is 0 Å². The minimum absolute atomic E-state index is 0.106. The van der Waals surface area contributed by atoms with Crippen molar-refractivity contribution in [3.05, 3.63) is 39.9 Å². The van der Waals surface area contributed by atoms with Crippen molar-refractivity contribution in [2.75, 3.05) is 14.1 Å². The maximum absolute atomic E-state index is 10.7. The standard InChI is InChI=1S/C11H17N3O2/c1-4-11(12-13(2)3)9-6-5-7-10(8-9)14(15)16/h5-8,11-12H,4H2,1-3H3. The number of rotatable bonds is 5. The first kappa shape index (κ1) is 12.6. The number of hydrazine groups is 1. The molecule has 0 fully saturated rings. The lowest BCUT2D eigenvalue weighted by molar-refractivity contribution is -0.384. The van der Waals surface area contributed by atoms with Gasteiger partial charge < -0.3 is 0 Å². The molecule has 5 heteroatoms. The molecule has 0 radical (unpaired) electrons. The van der Waals surface area contributed by atoms with Crippen LogP contribution in [0.5, 0.6) is 0 Å². The molecule has 0 amide bonds. The molecular weight excluding hydrogens is 206 g/mol. The summed E-state index contributed by atoms with van der Waals surface area (Å²) >= 11 is 0. The quantitative estimate of drug-likeness (QED) is 0.613. The highest BCUT2D eigenvalue weighted by molar-refractivity contribution is 5.35. The Bertz CT molecular complexity index is 366. The van der Waals surface area contributed by atoms with Gasteiger partial charge in [0.2, 0.25) is 0 Å². The van der Waals surface area contributed by atoms with Crippen molar-refractivity contribution in [2.24, 2.45) is 0 Å². The predicted molar refractivity (Wildman–Crippen MR) is 63.0 cm³/mol. The minimum Gasteiger partial charge on any atom is -0.258 e. The summed E-state index contributed by atoms with van der Waals surface area (Å²) in [7, 11) is 3.81. The average Bonchev–Trinajstić information content (AvgIpc) is 2.25. The summed E-state index contributed by atoms with van der Waals surface area (Å²) in [6, 6.07) is 6.84. The third kappa shape index (κ3) is 3.29. The van der Waals surface area contributed by atoms with Gasteiger partial charge in [0.25, 0.3) is 5.69 Å². The fourth-order valence-corrected chi connectivity index (χ4v) is 1.57. The van der Waals surface area contributed by atoms with Gasteiger partial charge in [0.05, 0.1) is 4.92 Å². The number of nitrogens with one attached hydrogen (secondary N) is 1. The predicted octanol–water partition coefficient (Wildman–Crippen LogP) is 2.11. The van der Waals surface area contributed by atoms with Crippen molar-refractivity contribution in [1.82, 2.24) is 10.4 Å². The number of nitrogens with zero attached hydrogens (tertiary/aromatic N) is 2. The number of benzene rings is 1. The molecule has 1 N–H and O–H groups in total. The lowest BCUT2D eigenvalue weighted by Gasteiger charge is -2.21. The van der Waals surface area contributed by atoms with Crippen LogP contribution < -0.4 is 5.43 Å². The SMILES string of the molecule is CCC(NN(C)C)c1cccc([N+](=O)[O-])c1. The Morgan fingerprint density at radius 2 is 2.19 bits per heavy atom. The second kappa shape index (κ2) is 5.58. The van der Waals surface area contributed by atoms with Gasteiger partial charge in [-0.3, -0.25) is 15.1 Å². The third-order valence-electron chi connectivity index (χ3n) is 2.31. The maximum Gasteiger partial charge on any atom is 0.269 e. The fraction of sp³-hybridized carbons (Fsp3) is 0.455. The summed E-state index contributed by atoms with van der Waals surface area (Å²) in [4.78, 5) is 10.3. The third-order valence-corrected chi connectivity index (χ3v) is 2.31. The Morgan fingerprint density at radius 3 is 2.69 bits per heavy atom. The number of non-ortho nitro benzene ring substituents is 1. The molecule has 16 heavy (non-hydrogen) atoms. The normalized spacial score (nSPS) is 12.8. The molecule has 0 aromatic heterocycles. The Kier molecular flexibility index (Phi) is 4.39. The van der Waals surface area contributed by atoms with Crippen molar-refractivity contribution < 1.29 is 4.92 Å². The molecule has 0 spiro atoms. The molecule has 1 atom stereocenters. The first-order chi connectivity index (χ1) is 7.54. The summed E-state index contributed by atoms with van der Waals surface area (Å²) in [5, 5.41) is 12.5. The molecule has 1 aromatic rings. The number of nitro groups is 1. The molecule has 1 aromatic carbocycles. The summed E-state index contributed by atoms with van der Waals surface area (Å²) < 4.78 is 0. The Labute approximate surface area is 95.2 Å². The van der Waals surface area contributed by atoms with E-state index >= 15 is 0 Å². The monoisotopic (exact) mass is 223 g/mol. The van der Waals surface area contributed by atoms with E-state index in [1.807, 2.05) is 32.1 Å². The van der Waals surface area contributed by atoms with Crippen molar-refractivity contribution >= 4 is 5.69 Å². The van der Waals surface area contributed by atoms with Gasteiger partial charge in [-0.05, 0) is 12.0 Å². The topological polar surface area (TPSA) is 58.4 Å². The largest absolute Gasteiger partial charge is 0.269 e. The van der Waals surface area contributed by atoms with Crippen molar-refractivity contribution in [3.8, 4) is 0 Å². The highest BCUT2D eigenvalue weighted by Crippen LogP contribution is 2.21. The zero-order valence-electron chi connectivity index (χ0n) is 9.80. The van der Waals surface area contributed by atoms with E-state index in [1.54, 1.807) is 12.1 Å². The van der Waals surface area contributed by atoms with Crippen LogP contribution in [0.4, 0.5) is 5.69 Å². The Morgan fingerprint density at radius 1 is 1.50 bits per heavy atom. The van der Waals surface area contributed by atoms with Crippen LogP contribution in [-0.2, 0) is 0 Å². The second-order valence-electron chi connectivity index (χ2n) is 3.84. The van der Waals surface area contributed by atoms with Crippen molar-refractivity contribution in [3.63, 3.8) is 0 Å². The molecule has 88 valence electrons. The van der Waals surface area contributed by atoms with Crippen LogP contribution in [-0.4, -0.2) is 24.0 Å². The first-order valence-electron chi connectivity index (χ1n) is 5.22. The second-order valence-corrected chi connectivity index (χ2v) is 3.84. The van der Waals surface area contributed by atoms with Gasteiger partial charge in [0, 0.05) is 32.3 Å². The summed E-state index contributed by atoms with van der Waals surface area (Å²) in [6.45, 7) is 2.04. The number of hydrogen-bond acceptors (Lipinski definition) is 4. The molecule has 5 nitrogen and oxygen atoms in total.